The fraction of sp³-hybridized carbons (Fsp3) is 0.280. The minimum absolute atomic E-state index is 0.351. The van der Waals surface area contributed by atoms with E-state index in [0.29, 0.717) is 34.7 Å². The minimum atomic E-state index is -0.791. The number of nitrogens with zero attached hydrogens (tertiary/aromatic N) is 2. The van der Waals surface area contributed by atoms with Crippen LogP contribution in [0.25, 0.3) is 10.8 Å². The Bertz CT molecular complexity index is 1110. The van der Waals surface area contributed by atoms with Crippen molar-refractivity contribution in [3.05, 3.63) is 70.2 Å². The van der Waals surface area contributed by atoms with Crippen molar-refractivity contribution in [3.8, 4) is 11.5 Å². The highest BCUT2D eigenvalue weighted by atomic mass is 79.9. The van der Waals surface area contributed by atoms with Crippen LogP contribution in [0.15, 0.2) is 64.2 Å². The van der Waals surface area contributed by atoms with Gasteiger partial charge in [0, 0.05) is 12.1 Å². The highest BCUT2D eigenvalue weighted by molar-refractivity contribution is 9.10. The minimum Gasteiger partial charge on any atom is -0.495 e. The molecule has 7 nitrogen and oxygen atoms in total. The lowest BCUT2D eigenvalue weighted by Crippen LogP contribution is -2.29. The van der Waals surface area contributed by atoms with Crippen molar-refractivity contribution in [1.29, 1.82) is 0 Å². The number of carbonyl (C=O) groups excluding carboxylic acids is 1. The Kier molecular flexibility index (Phi) is 8.82. The molecule has 1 amide bonds. The molecule has 0 spiro atoms. The molecule has 0 heterocycles. The number of halogens is 1. The molecule has 0 saturated heterocycles. The second kappa shape index (κ2) is 11.8. The summed E-state index contributed by atoms with van der Waals surface area (Å²) in [6.07, 6.45) is 0.743. The van der Waals surface area contributed by atoms with Crippen molar-refractivity contribution in [2.75, 3.05) is 41.5 Å². The second-order valence-electron chi connectivity index (χ2n) is 7.63. The predicted molar refractivity (Wildman–Crippen MR) is 134 cm³/mol. The Morgan fingerprint density at radius 2 is 1.73 bits per heavy atom. The van der Waals surface area contributed by atoms with Gasteiger partial charge in [-0.05, 0) is 64.6 Å². The van der Waals surface area contributed by atoms with Crippen molar-refractivity contribution in [2.45, 2.75) is 6.10 Å². The number of hydrogen-bond acceptors (Lipinski definition) is 6. The van der Waals surface area contributed by atoms with E-state index in [-0.39, 0.29) is 5.91 Å². The second-order valence-corrected chi connectivity index (χ2v) is 8.43. The summed E-state index contributed by atoms with van der Waals surface area (Å²) in [6.45, 7) is 1.10. The van der Waals surface area contributed by atoms with E-state index in [0.717, 1.165) is 16.3 Å². The fourth-order valence-corrected chi connectivity index (χ4v) is 3.79. The third-order valence-electron chi connectivity index (χ3n) is 4.99. The maximum absolute atomic E-state index is 13.0. The van der Waals surface area contributed by atoms with Gasteiger partial charge in [-0.1, -0.05) is 36.4 Å². The van der Waals surface area contributed by atoms with Crippen molar-refractivity contribution < 1.29 is 19.0 Å². The Balaban J connectivity index is 1.79. The highest BCUT2D eigenvalue weighted by Crippen LogP contribution is 2.35. The van der Waals surface area contributed by atoms with E-state index < -0.39 is 6.10 Å². The van der Waals surface area contributed by atoms with Crippen LogP contribution in [0.1, 0.15) is 17.2 Å². The lowest BCUT2D eigenvalue weighted by atomic mass is 10.0. The molecule has 0 saturated carbocycles. The van der Waals surface area contributed by atoms with Crippen LogP contribution in [0, 0.1) is 0 Å². The summed E-state index contributed by atoms with van der Waals surface area (Å²) >= 11 is 3.44. The van der Waals surface area contributed by atoms with E-state index in [9.17, 15) is 4.79 Å². The Hall–Kier alpha value is -2.94. The van der Waals surface area contributed by atoms with E-state index in [4.69, 9.17) is 14.2 Å². The summed E-state index contributed by atoms with van der Waals surface area (Å²) in [5, 5.41) is 6.28. The van der Waals surface area contributed by atoms with Crippen LogP contribution in [-0.4, -0.2) is 58.5 Å². The molecule has 3 rings (SSSR count). The van der Waals surface area contributed by atoms with Gasteiger partial charge in [0.15, 0.2) is 6.10 Å². The molecule has 3 aromatic carbocycles. The zero-order valence-corrected chi connectivity index (χ0v) is 20.8. The molecule has 0 fully saturated rings. The molecule has 0 aromatic heterocycles. The predicted octanol–water partition coefficient (Wildman–Crippen LogP) is 4.39. The van der Waals surface area contributed by atoms with Gasteiger partial charge in [-0.15, -0.1) is 0 Å². The number of methoxy groups -OCH3 is 2. The average molecular weight is 514 g/mol. The van der Waals surface area contributed by atoms with Crippen LogP contribution in [0.2, 0.25) is 0 Å². The van der Waals surface area contributed by atoms with Gasteiger partial charge < -0.3 is 19.1 Å². The maximum Gasteiger partial charge on any atom is 0.273 e. The lowest BCUT2D eigenvalue weighted by Gasteiger charge is -2.19. The van der Waals surface area contributed by atoms with Gasteiger partial charge in [0.05, 0.1) is 27.0 Å². The average Bonchev–Trinajstić information content (AvgIpc) is 2.82. The normalized spacial score (nSPS) is 12.3. The van der Waals surface area contributed by atoms with Gasteiger partial charge in [0.1, 0.15) is 16.0 Å². The Labute approximate surface area is 202 Å². The number of carbonyl (C=O) groups is 1. The number of nitrogens with one attached hydrogen (secondary N) is 1. The quantitative estimate of drug-likeness (QED) is 0.321. The van der Waals surface area contributed by atoms with Crippen LogP contribution < -0.4 is 14.9 Å². The first-order valence-electron chi connectivity index (χ1n) is 10.4. The summed E-state index contributed by atoms with van der Waals surface area (Å²) in [5.41, 5.74) is 4.09. The van der Waals surface area contributed by atoms with E-state index in [1.807, 2.05) is 61.5 Å². The van der Waals surface area contributed by atoms with Gasteiger partial charge in [0.25, 0.3) is 5.91 Å². The molecular weight excluding hydrogens is 486 g/mol. The smallest absolute Gasteiger partial charge is 0.273 e. The molecule has 33 heavy (non-hydrogen) atoms. The number of ether oxygens (including phenoxy) is 3. The molecule has 1 N–H and O–H groups in total. The van der Waals surface area contributed by atoms with Crippen LogP contribution in [0.5, 0.6) is 11.5 Å². The number of hydrogen-bond donors (Lipinski definition) is 1. The summed E-state index contributed by atoms with van der Waals surface area (Å²) in [7, 11) is 7.06. The molecule has 1 atom stereocenters. The van der Waals surface area contributed by atoms with Gasteiger partial charge in [-0.25, -0.2) is 5.43 Å². The zero-order chi connectivity index (χ0) is 23.8. The van der Waals surface area contributed by atoms with Crippen molar-refractivity contribution >= 4 is 38.8 Å². The van der Waals surface area contributed by atoms with E-state index in [1.165, 1.54) is 6.21 Å². The van der Waals surface area contributed by atoms with Gasteiger partial charge >= 0.3 is 0 Å². The van der Waals surface area contributed by atoms with Gasteiger partial charge in [-0.3, -0.25) is 4.79 Å². The molecule has 0 aliphatic carbocycles. The topological polar surface area (TPSA) is 72.4 Å². The van der Waals surface area contributed by atoms with Crippen LogP contribution >= 0.6 is 15.9 Å². The number of benzene rings is 3. The molecule has 1 unspecified atom stereocenters. The summed E-state index contributed by atoms with van der Waals surface area (Å²) in [4.78, 5) is 15.0. The molecule has 174 valence electrons. The summed E-state index contributed by atoms with van der Waals surface area (Å²) in [5.74, 6) is 0.850. The molecule has 8 heteroatoms. The number of rotatable bonds is 10. The number of amides is 1. The molecule has 3 aromatic rings. The van der Waals surface area contributed by atoms with Crippen molar-refractivity contribution in [3.63, 3.8) is 0 Å². The first-order valence-corrected chi connectivity index (χ1v) is 11.2. The molecular formula is C25H28BrN3O4. The Morgan fingerprint density at radius 1 is 1.06 bits per heavy atom. The van der Waals surface area contributed by atoms with Crippen LogP contribution in [-0.2, 0) is 9.53 Å². The summed E-state index contributed by atoms with van der Waals surface area (Å²) in [6, 6.07) is 17.5. The first-order chi connectivity index (χ1) is 15.9. The van der Waals surface area contributed by atoms with Crippen LogP contribution in [0.4, 0.5) is 0 Å². The number of likely N-dealkylation sites (N-methyl/N-ethyl adjacent to an activating group) is 1. The maximum atomic E-state index is 13.0. The fourth-order valence-electron chi connectivity index (χ4n) is 3.24. The SMILES string of the molecule is COc1cc(/C=N/NC(=O)C(OCCN(C)C)c2ccc3ccccc3c2)cc(OC)c1Br. The first kappa shape index (κ1) is 24.7. The number of hydrazone groups is 1. The molecule has 0 radical (unpaired) electrons. The monoisotopic (exact) mass is 513 g/mol. The molecule has 0 bridgehead atoms. The highest BCUT2D eigenvalue weighted by Gasteiger charge is 2.21. The van der Waals surface area contributed by atoms with Crippen molar-refractivity contribution in [1.82, 2.24) is 10.3 Å². The third-order valence-corrected chi connectivity index (χ3v) is 5.78. The van der Waals surface area contributed by atoms with Gasteiger partial charge in [0.2, 0.25) is 0 Å². The lowest BCUT2D eigenvalue weighted by molar-refractivity contribution is -0.133. The van der Waals surface area contributed by atoms with E-state index in [2.05, 4.69) is 26.5 Å². The molecule has 0 aliphatic rings. The standard InChI is InChI=1S/C25H28BrN3O4/c1-29(2)11-12-33-24(20-10-9-18-7-5-6-8-19(18)15-20)25(30)28-27-16-17-13-21(31-3)23(26)22(14-17)32-4/h5-10,13-16,24H,11-12H2,1-4H3,(H,28,30)/b27-16+. The zero-order valence-electron chi connectivity index (χ0n) is 19.2. The van der Waals surface area contributed by atoms with Gasteiger partial charge in [-0.2, -0.15) is 5.10 Å². The van der Waals surface area contributed by atoms with Crippen LogP contribution in [0.3, 0.4) is 0 Å². The largest absolute Gasteiger partial charge is 0.495 e. The molecule has 0 aliphatic heterocycles. The third kappa shape index (κ3) is 6.54. The Morgan fingerprint density at radius 3 is 2.36 bits per heavy atom. The van der Waals surface area contributed by atoms with Crippen molar-refractivity contribution in [2.24, 2.45) is 5.10 Å². The number of fused-ring (bicyclic) bond motifs is 1. The van der Waals surface area contributed by atoms with E-state index in [1.54, 1.807) is 26.4 Å². The van der Waals surface area contributed by atoms with E-state index >= 15 is 0 Å². The summed E-state index contributed by atoms with van der Waals surface area (Å²) < 4.78 is 17.4.